The number of alkyl halides is 3. The Bertz CT molecular complexity index is 926. The summed E-state index contributed by atoms with van der Waals surface area (Å²) in [6.45, 7) is 0. The predicted molar refractivity (Wildman–Crippen MR) is 72.6 cm³/mol. The summed E-state index contributed by atoms with van der Waals surface area (Å²) in [5.74, 6) is -0.779. The Morgan fingerprint density at radius 1 is 1.12 bits per heavy atom. The molecule has 0 amide bonds. The van der Waals surface area contributed by atoms with Gasteiger partial charge in [-0.2, -0.15) is 23.4 Å². The van der Waals surface area contributed by atoms with Crippen molar-refractivity contribution in [3.63, 3.8) is 0 Å². The molecule has 24 heavy (non-hydrogen) atoms. The van der Waals surface area contributed by atoms with Crippen LogP contribution in [-0.4, -0.2) is 15.1 Å². The molecule has 3 aromatic rings. The third-order valence-electron chi connectivity index (χ3n) is 3.02. The van der Waals surface area contributed by atoms with Gasteiger partial charge in [0.25, 0.3) is 5.89 Å². The predicted octanol–water partition coefficient (Wildman–Crippen LogP) is 3.83. The number of benzene rings is 1. The van der Waals surface area contributed by atoms with Crippen LogP contribution in [0.3, 0.4) is 0 Å². The number of pyridine rings is 1. The molecule has 0 unspecified atom stereocenters. The zero-order valence-electron chi connectivity index (χ0n) is 11.7. The first-order valence-electron chi connectivity index (χ1n) is 6.45. The number of halogens is 4. The van der Waals surface area contributed by atoms with Crippen LogP contribution in [0.15, 0.2) is 41.1 Å². The average Bonchev–Trinajstić information content (AvgIpc) is 3.04. The van der Waals surface area contributed by atoms with Crippen LogP contribution in [0.25, 0.3) is 23.0 Å². The highest BCUT2D eigenvalue weighted by atomic mass is 19.4. The number of hydrogen-bond acceptors (Lipinski definition) is 5. The van der Waals surface area contributed by atoms with Gasteiger partial charge in [-0.05, 0) is 30.3 Å². The zero-order chi connectivity index (χ0) is 17.3. The molecule has 0 N–H and O–H groups in total. The quantitative estimate of drug-likeness (QED) is 0.666. The highest BCUT2D eigenvalue weighted by molar-refractivity contribution is 5.61. The van der Waals surface area contributed by atoms with Crippen molar-refractivity contribution in [1.29, 1.82) is 5.26 Å². The zero-order valence-corrected chi connectivity index (χ0v) is 11.7. The van der Waals surface area contributed by atoms with E-state index in [2.05, 4.69) is 15.1 Å². The van der Waals surface area contributed by atoms with Crippen LogP contribution < -0.4 is 0 Å². The molecule has 0 fully saturated rings. The van der Waals surface area contributed by atoms with Gasteiger partial charge in [0.15, 0.2) is 0 Å². The molecule has 2 aromatic heterocycles. The summed E-state index contributed by atoms with van der Waals surface area (Å²) >= 11 is 0. The van der Waals surface area contributed by atoms with Crippen molar-refractivity contribution in [2.45, 2.75) is 6.18 Å². The number of rotatable bonds is 2. The van der Waals surface area contributed by atoms with Gasteiger partial charge in [0.2, 0.25) is 5.82 Å². The van der Waals surface area contributed by atoms with Crippen LogP contribution in [0, 0.1) is 17.1 Å². The molecule has 9 heteroatoms. The van der Waals surface area contributed by atoms with Gasteiger partial charge >= 0.3 is 6.18 Å². The average molecular weight is 334 g/mol. The molecule has 1 aromatic carbocycles. The first-order chi connectivity index (χ1) is 11.4. The Morgan fingerprint density at radius 2 is 1.92 bits per heavy atom. The highest BCUT2D eigenvalue weighted by Gasteiger charge is 2.32. The smallest absolute Gasteiger partial charge is 0.334 e. The van der Waals surface area contributed by atoms with Crippen molar-refractivity contribution in [2.75, 3.05) is 0 Å². The lowest BCUT2D eigenvalue weighted by Crippen LogP contribution is -2.05. The van der Waals surface area contributed by atoms with E-state index in [-0.39, 0.29) is 28.5 Å². The number of aromatic nitrogens is 3. The molecule has 0 saturated heterocycles. The normalized spacial score (nSPS) is 11.3. The molecule has 120 valence electrons. The van der Waals surface area contributed by atoms with Crippen molar-refractivity contribution >= 4 is 0 Å². The van der Waals surface area contributed by atoms with Crippen molar-refractivity contribution in [1.82, 2.24) is 15.1 Å². The summed E-state index contributed by atoms with van der Waals surface area (Å²) in [5.41, 5.74) is -1.06. The van der Waals surface area contributed by atoms with Gasteiger partial charge in [-0.25, -0.2) is 9.37 Å². The number of nitriles is 1. The second-order valence-electron chi connectivity index (χ2n) is 4.69. The SMILES string of the molecule is N#Cc1cc(-c2nc(-c3ccc(F)cn3)no2)cc(C(F)(F)F)c1. The lowest BCUT2D eigenvalue weighted by molar-refractivity contribution is -0.137. The summed E-state index contributed by atoms with van der Waals surface area (Å²) in [6, 6.07) is 6.81. The summed E-state index contributed by atoms with van der Waals surface area (Å²) < 4.78 is 56.4. The van der Waals surface area contributed by atoms with Crippen LogP contribution in [0.4, 0.5) is 17.6 Å². The Morgan fingerprint density at radius 3 is 2.54 bits per heavy atom. The van der Waals surface area contributed by atoms with Crippen LogP contribution in [0.2, 0.25) is 0 Å². The van der Waals surface area contributed by atoms with Crippen LogP contribution >= 0.6 is 0 Å². The minimum absolute atomic E-state index is 0.0130. The van der Waals surface area contributed by atoms with Crippen molar-refractivity contribution in [2.24, 2.45) is 0 Å². The number of hydrogen-bond donors (Lipinski definition) is 0. The molecular weight excluding hydrogens is 328 g/mol. The molecular formula is C15H6F4N4O. The van der Waals surface area contributed by atoms with E-state index in [0.717, 1.165) is 24.4 Å². The van der Waals surface area contributed by atoms with Gasteiger partial charge < -0.3 is 4.52 Å². The second kappa shape index (κ2) is 5.73. The van der Waals surface area contributed by atoms with Crippen molar-refractivity contribution < 1.29 is 22.1 Å². The minimum Gasteiger partial charge on any atom is -0.334 e. The molecule has 0 atom stereocenters. The molecule has 0 aliphatic heterocycles. The van der Waals surface area contributed by atoms with E-state index in [1.54, 1.807) is 6.07 Å². The van der Waals surface area contributed by atoms with Gasteiger partial charge in [0, 0.05) is 5.56 Å². The standard InChI is InChI=1S/C15H6F4N4O/c16-11-1-2-12(21-7-11)13-22-14(24-23-13)9-3-8(6-20)4-10(5-9)15(17,18)19/h1-5,7H. The molecule has 3 rings (SSSR count). The second-order valence-corrected chi connectivity index (χ2v) is 4.69. The third kappa shape index (κ3) is 3.08. The van der Waals surface area contributed by atoms with Gasteiger partial charge in [0.05, 0.1) is 23.4 Å². The van der Waals surface area contributed by atoms with Crippen LogP contribution in [-0.2, 0) is 6.18 Å². The molecule has 0 aliphatic carbocycles. The van der Waals surface area contributed by atoms with Gasteiger partial charge in [-0.15, -0.1) is 0 Å². The molecule has 5 nitrogen and oxygen atoms in total. The monoisotopic (exact) mass is 334 g/mol. The molecule has 0 bridgehead atoms. The van der Waals surface area contributed by atoms with Crippen molar-refractivity contribution in [3.05, 3.63) is 53.5 Å². The maximum atomic E-state index is 12.9. The number of nitrogens with zero attached hydrogens (tertiary/aromatic N) is 4. The topological polar surface area (TPSA) is 75.6 Å². The third-order valence-corrected chi connectivity index (χ3v) is 3.02. The highest BCUT2D eigenvalue weighted by Crippen LogP contribution is 2.33. The first-order valence-corrected chi connectivity index (χ1v) is 6.45. The van der Waals surface area contributed by atoms with E-state index >= 15 is 0 Å². The molecule has 0 radical (unpaired) electrons. The van der Waals surface area contributed by atoms with E-state index in [1.807, 2.05) is 0 Å². The first kappa shape index (κ1) is 15.6. The Balaban J connectivity index is 2.04. The van der Waals surface area contributed by atoms with E-state index in [1.165, 1.54) is 12.1 Å². The van der Waals surface area contributed by atoms with Crippen molar-refractivity contribution in [3.8, 4) is 29.0 Å². The maximum Gasteiger partial charge on any atom is 0.416 e. The Labute approximate surface area is 132 Å². The fourth-order valence-corrected chi connectivity index (χ4v) is 1.93. The largest absolute Gasteiger partial charge is 0.416 e. The van der Waals surface area contributed by atoms with Gasteiger partial charge in [-0.3, -0.25) is 0 Å². The Hall–Kier alpha value is -3.28. The van der Waals surface area contributed by atoms with Crippen LogP contribution in [0.1, 0.15) is 11.1 Å². The lowest BCUT2D eigenvalue weighted by atomic mass is 10.1. The summed E-state index contributed by atoms with van der Waals surface area (Å²) in [7, 11) is 0. The maximum absolute atomic E-state index is 12.9. The van der Waals surface area contributed by atoms with E-state index in [4.69, 9.17) is 9.78 Å². The summed E-state index contributed by atoms with van der Waals surface area (Å²) in [5, 5.41) is 12.5. The summed E-state index contributed by atoms with van der Waals surface area (Å²) in [6.07, 6.45) is -3.67. The fraction of sp³-hybridized carbons (Fsp3) is 0.0667. The Kier molecular flexibility index (Phi) is 3.73. The summed E-state index contributed by atoms with van der Waals surface area (Å²) in [4.78, 5) is 7.69. The molecule has 0 spiro atoms. The van der Waals surface area contributed by atoms with E-state index in [9.17, 15) is 17.6 Å². The molecule has 0 aliphatic rings. The minimum atomic E-state index is -4.62. The molecule has 0 saturated carbocycles. The van der Waals surface area contributed by atoms with Gasteiger partial charge in [-0.1, -0.05) is 5.16 Å². The molecule has 2 heterocycles. The van der Waals surface area contributed by atoms with Crippen LogP contribution in [0.5, 0.6) is 0 Å². The fourth-order valence-electron chi connectivity index (χ4n) is 1.93. The van der Waals surface area contributed by atoms with Gasteiger partial charge in [0.1, 0.15) is 11.5 Å². The van der Waals surface area contributed by atoms with E-state index in [0.29, 0.717) is 0 Å². The lowest BCUT2D eigenvalue weighted by Gasteiger charge is -2.07. The van der Waals surface area contributed by atoms with E-state index < -0.39 is 17.6 Å².